The Hall–Kier alpha value is -1.28. The number of nitrogens with one attached hydrogen (secondary N) is 1. The van der Waals surface area contributed by atoms with Crippen molar-refractivity contribution in [3.8, 4) is 11.4 Å². The van der Waals surface area contributed by atoms with Crippen molar-refractivity contribution in [2.45, 2.75) is 12.3 Å². The van der Waals surface area contributed by atoms with E-state index in [-0.39, 0.29) is 0 Å². The summed E-state index contributed by atoms with van der Waals surface area (Å²) in [6.07, 6.45) is 4.14. The molecule has 0 saturated carbocycles. The Labute approximate surface area is 158 Å². The highest BCUT2D eigenvalue weighted by molar-refractivity contribution is 7.97. The molecule has 5 nitrogen and oxygen atoms in total. The molecule has 2 heterocycles. The summed E-state index contributed by atoms with van der Waals surface area (Å²) in [5.74, 6) is 2.70. The topological polar surface area (TPSA) is 50.3 Å². The quantitative estimate of drug-likeness (QED) is 0.745. The fourth-order valence-corrected chi connectivity index (χ4v) is 3.47. The lowest BCUT2D eigenvalue weighted by molar-refractivity contribution is 0.122. The van der Waals surface area contributed by atoms with Crippen LogP contribution in [0.5, 0.6) is 0 Å². The summed E-state index contributed by atoms with van der Waals surface area (Å²) in [5, 5.41) is 0. The number of ether oxygens (including phenoxy) is 1. The third kappa shape index (κ3) is 5.10. The Bertz CT molecular complexity index is 675. The van der Waals surface area contributed by atoms with Gasteiger partial charge in [0.1, 0.15) is 5.82 Å². The molecule has 0 atom stereocenters. The van der Waals surface area contributed by atoms with Crippen LogP contribution in [0.2, 0.25) is 0 Å². The summed E-state index contributed by atoms with van der Waals surface area (Å²) in [7, 11) is 0. The first-order valence-corrected chi connectivity index (χ1v) is 11.0. The van der Waals surface area contributed by atoms with E-state index in [9.17, 15) is 0 Å². The molecule has 0 aliphatic carbocycles. The van der Waals surface area contributed by atoms with E-state index in [2.05, 4.69) is 46.2 Å². The van der Waals surface area contributed by atoms with E-state index in [1.807, 2.05) is 6.26 Å². The van der Waals surface area contributed by atoms with Crippen molar-refractivity contribution >= 4 is 29.5 Å². The number of rotatable bonds is 7. The van der Waals surface area contributed by atoms with Crippen LogP contribution in [0.4, 0.5) is 5.82 Å². The lowest BCUT2D eigenvalue weighted by Gasteiger charge is -2.28. The Morgan fingerprint density at radius 1 is 1.12 bits per heavy atom. The number of benzene rings is 1. The predicted molar refractivity (Wildman–Crippen MR) is 108 cm³/mol. The predicted octanol–water partition coefficient (Wildman–Crippen LogP) is 3.21. The van der Waals surface area contributed by atoms with Crippen LogP contribution in [0, 0.1) is 0 Å². The number of thioether (sulfide) groups is 1. The van der Waals surface area contributed by atoms with Crippen LogP contribution >= 0.6 is 23.7 Å². The first-order chi connectivity index (χ1) is 12.3. The van der Waals surface area contributed by atoms with Gasteiger partial charge in [-0.2, -0.15) is 11.8 Å². The molecule has 134 valence electrons. The molecule has 0 radical (unpaired) electrons. The molecule has 1 aromatic heterocycles. The molecule has 0 unspecified atom stereocenters. The van der Waals surface area contributed by atoms with Gasteiger partial charge in [0, 0.05) is 37.0 Å². The highest BCUT2D eigenvalue weighted by atomic mass is 32.2. The summed E-state index contributed by atoms with van der Waals surface area (Å²) in [6, 6.07) is 10.6. The largest absolute Gasteiger partial charge is 0.378 e. The van der Waals surface area contributed by atoms with Gasteiger partial charge in [0.25, 0.3) is 0 Å². The van der Waals surface area contributed by atoms with Crippen molar-refractivity contribution in [1.82, 2.24) is 14.7 Å². The average Bonchev–Trinajstić information content (AvgIpc) is 2.67. The maximum Gasteiger partial charge on any atom is 0.161 e. The minimum Gasteiger partial charge on any atom is -0.378 e. The van der Waals surface area contributed by atoms with Gasteiger partial charge < -0.3 is 9.64 Å². The summed E-state index contributed by atoms with van der Waals surface area (Å²) in [4.78, 5) is 11.9. The fraction of sp³-hybridized carbons (Fsp3) is 0.444. The van der Waals surface area contributed by atoms with Gasteiger partial charge in [0.2, 0.25) is 0 Å². The minimum atomic E-state index is 0.758. The summed E-state index contributed by atoms with van der Waals surface area (Å²) in [5.41, 5.74) is 3.39. The zero-order chi connectivity index (χ0) is 17.5. The van der Waals surface area contributed by atoms with Crippen LogP contribution in [0.1, 0.15) is 11.3 Å². The molecule has 1 aliphatic heterocycles. The number of aromatic nitrogens is 2. The maximum atomic E-state index is 5.46. The van der Waals surface area contributed by atoms with Gasteiger partial charge in [-0.25, -0.2) is 9.97 Å². The Kier molecular flexibility index (Phi) is 6.98. The molecule has 2 aromatic rings. The molecule has 0 amide bonds. The number of hydrogen-bond donors (Lipinski definition) is 1. The molecule has 1 aliphatic rings. The van der Waals surface area contributed by atoms with Crippen molar-refractivity contribution < 1.29 is 4.74 Å². The molecule has 1 saturated heterocycles. The molecule has 3 rings (SSSR count). The van der Waals surface area contributed by atoms with E-state index in [1.165, 1.54) is 5.56 Å². The molecule has 7 heteroatoms. The molecule has 25 heavy (non-hydrogen) atoms. The van der Waals surface area contributed by atoms with Crippen molar-refractivity contribution in [3.05, 3.63) is 41.6 Å². The van der Waals surface area contributed by atoms with E-state index in [1.54, 1.807) is 23.7 Å². The van der Waals surface area contributed by atoms with E-state index in [4.69, 9.17) is 14.7 Å². The average molecular weight is 377 g/mol. The lowest BCUT2D eigenvalue weighted by Crippen LogP contribution is -2.37. The van der Waals surface area contributed by atoms with Gasteiger partial charge in [0.15, 0.2) is 5.82 Å². The van der Waals surface area contributed by atoms with Crippen LogP contribution < -0.4 is 9.62 Å². The van der Waals surface area contributed by atoms with Gasteiger partial charge in [-0.15, -0.1) is 0 Å². The van der Waals surface area contributed by atoms with Crippen LogP contribution in [0.25, 0.3) is 11.4 Å². The Morgan fingerprint density at radius 3 is 2.56 bits per heavy atom. The molecule has 0 bridgehead atoms. The zero-order valence-corrected chi connectivity index (χ0v) is 16.3. The van der Waals surface area contributed by atoms with Crippen LogP contribution in [0.15, 0.2) is 30.3 Å². The van der Waals surface area contributed by atoms with Crippen molar-refractivity contribution in [2.75, 3.05) is 43.7 Å². The van der Waals surface area contributed by atoms with E-state index < -0.39 is 0 Å². The van der Waals surface area contributed by atoms with Gasteiger partial charge in [-0.3, -0.25) is 4.72 Å². The Balaban J connectivity index is 1.87. The fourth-order valence-electron chi connectivity index (χ4n) is 2.72. The SMILES string of the molecule is CSCc1cc(N2CCOCC2)nc(-c2ccc(CNSC)cc2)n1. The minimum absolute atomic E-state index is 0.758. The second kappa shape index (κ2) is 9.43. The first-order valence-electron chi connectivity index (χ1n) is 8.35. The van der Waals surface area contributed by atoms with E-state index >= 15 is 0 Å². The lowest BCUT2D eigenvalue weighted by atomic mass is 10.1. The van der Waals surface area contributed by atoms with Crippen molar-refractivity contribution in [2.24, 2.45) is 0 Å². The number of morpholine rings is 1. The van der Waals surface area contributed by atoms with Crippen molar-refractivity contribution in [1.29, 1.82) is 0 Å². The number of hydrogen-bond acceptors (Lipinski definition) is 7. The summed E-state index contributed by atoms with van der Waals surface area (Å²) >= 11 is 3.41. The zero-order valence-electron chi connectivity index (χ0n) is 14.7. The highest BCUT2D eigenvalue weighted by Crippen LogP contribution is 2.23. The third-order valence-electron chi connectivity index (χ3n) is 4.03. The normalized spacial score (nSPS) is 14.7. The van der Waals surface area contributed by atoms with E-state index in [0.717, 1.165) is 61.5 Å². The smallest absolute Gasteiger partial charge is 0.161 e. The first kappa shape index (κ1) is 18.5. The van der Waals surface area contributed by atoms with E-state index in [0.29, 0.717) is 0 Å². The van der Waals surface area contributed by atoms with Gasteiger partial charge >= 0.3 is 0 Å². The summed E-state index contributed by atoms with van der Waals surface area (Å²) in [6.45, 7) is 4.14. The standard InChI is InChI=1S/C18H24N4OS2/c1-24-13-16-11-17(22-7-9-23-10-8-22)21-18(20-16)15-5-3-14(4-6-15)12-19-25-2/h3-6,11,19H,7-10,12-13H2,1-2H3. The molecular formula is C18H24N4OS2. The second-order valence-electron chi connectivity index (χ2n) is 5.80. The van der Waals surface area contributed by atoms with Gasteiger partial charge in [-0.05, 0) is 18.1 Å². The molecular weight excluding hydrogens is 352 g/mol. The number of anilines is 1. The van der Waals surface area contributed by atoms with Crippen LogP contribution in [-0.4, -0.2) is 48.8 Å². The molecule has 0 spiro atoms. The summed E-state index contributed by atoms with van der Waals surface area (Å²) < 4.78 is 8.73. The number of nitrogens with zero attached hydrogens (tertiary/aromatic N) is 3. The molecule has 1 aromatic carbocycles. The van der Waals surface area contributed by atoms with Crippen LogP contribution in [-0.2, 0) is 17.0 Å². The van der Waals surface area contributed by atoms with Crippen molar-refractivity contribution in [3.63, 3.8) is 0 Å². The monoisotopic (exact) mass is 376 g/mol. The maximum absolute atomic E-state index is 5.46. The van der Waals surface area contributed by atoms with Gasteiger partial charge in [0.05, 0.1) is 18.9 Å². The molecule has 1 fully saturated rings. The van der Waals surface area contributed by atoms with Crippen LogP contribution in [0.3, 0.4) is 0 Å². The molecule has 1 N–H and O–H groups in total. The third-order valence-corrected chi connectivity index (χ3v) is 5.04. The second-order valence-corrected chi connectivity index (χ2v) is 7.36. The Morgan fingerprint density at radius 2 is 1.88 bits per heavy atom. The van der Waals surface area contributed by atoms with Gasteiger partial charge in [-0.1, -0.05) is 36.2 Å². The highest BCUT2D eigenvalue weighted by Gasteiger charge is 2.15.